The molecule has 0 aromatic heterocycles. The summed E-state index contributed by atoms with van der Waals surface area (Å²) in [5.74, 6) is -1.97. The molecule has 0 radical (unpaired) electrons. The van der Waals surface area contributed by atoms with Crippen molar-refractivity contribution in [3.63, 3.8) is 0 Å². The van der Waals surface area contributed by atoms with Crippen molar-refractivity contribution in [1.82, 2.24) is 14.7 Å². The molecular weight excluding hydrogens is 550 g/mol. The van der Waals surface area contributed by atoms with Gasteiger partial charge in [-0.25, -0.2) is 8.78 Å². The minimum Gasteiger partial charge on any atom is -0.390 e. The van der Waals surface area contributed by atoms with Crippen LogP contribution in [-0.4, -0.2) is 84.0 Å². The second-order valence-electron chi connectivity index (χ2n) is 11.3. The van der Waals surface area contributed by atoms with Crippen LogP contribution in [0.4, 0.5) is 8.78 Å². The lowest BCUT2D eigenvalue weighted by molar-refractivity contribution is 0.0554. The van der Waals surface area contributed by atoms with Crippen LogP contribution in [0.25, 0.3) is 0 Å². The molecule has 3 aromatic carbocycles. The summed E-state index contributed by atoms with van der Waals surface area (Å²) < 4.78 is 27.5. The molecule has 9 heteroatoms. The minimum atomic E-state index is -1.18. The molecule has 0 aliphatic rings. The summed E-state index contributed by atoms with van der Waals surface area (Å²) in [5, 5.41) is 11.1. The first-order valence-corrected chi connectivity index (χ1v) is 14.7. The van der Waals surface area contributed by atoms with Crippen molar-refractivity contribution in [2.75, 3.05) is 40.3 Å². The van der Waals surface area contributed by atoms with Crippen molar-refractivity contribution in [1.29, 1.82) is 0 Å². The Morgan fingerprint density at radius 2 is 1.44 bits per heavy atom. The second kappa shape index (κ2) is 15.7. The van der Waals surface area contributed by atoms with E-state index in [9.17, 15) is 23.5 Å². The maximum atomic E-state index is 14.0. The predicted molar refractivity (Wildman–Crippen MR) is 166 cm³/mol. The van der Waals surface area contributed by atoms with E-state index in [-0.39, 0.29) is 31.3 Å². The molecule has 3 N–H and O–H groups in total. The van der Waals surface area contributed by atoms with Crippen molar-refractivity contribution in [3.05, 3.63) is 106 Å². The molecule has 0 aliphatic heterocycles. The zero-order chi connectivity index (χ0) is 31.7. The summed E-state index contributed by atoms with van der Waals surface area (Å²) in [6, 6.07) is 15.2. The molecule has 0 fully saturated rings. The Morgan fingerprint density at radius 1 is 0.837 bits per heavy atom. The number of aliphatic hydroxyl groups is 1. The maximum Gasteiger partial charge on any atom is 0.254 e. The van der Waals surface area contributed by atoms with Crippen LogP contribution in [0.5, 0.6) is 0 Å². The fourth-order valence-corrected chi connectivity index (χ4v) is 5.00. The molecule has 0 aliphatic carbocycles. The topological polar surface area (TPSA) is 90.1 Å². The summed E-state index contributed by atoms with van der Waals surface area (Å²) in [7, 11) is 3.90. The fraction of sp³-hybridized carbons (Fsp3) is 0.412. The summed E-state index contributed by atoms with van der Waals surface area (Å²) >= 11 is 0. The molecular formula is C34H44F2N4O3. The molecule has 43 heavy (non-hydrogen) atoms. The summed E-state index contributed by atoms with van der Waals surface area (Å²) in [6.45, 7) is 7.68. The van der Waals surface area contributed by atoms with Gasteiger partial charge in [-0.3, -0.25) is 9.59 Å². The van der Waals surface area contributed by atoms with Crippen LogP contribution < -0.4 is 5.73 Å². The van der Waals surface area contributed by atoms with Gasteiger partial charge < -0.3 is 25.5 Å². The Morgan fingerprint density at radius 3 is 2.02 bits per heavy atom. The summed E-state index contributed by atoms with van der Waals surface area (Å²) in [6.07, 6.45) is -0.339. The number of aryl methyl sites for hydroxylation is 2. The molecule has 0 saturated heterocycles. The first kappa shape index (κ1) is 33.8. The van der Waals surface area contributed by atoms with Crippen LogP contribution >= 0.6 is 0 Å². The number of likely N-dealkylation sites (N-methyl/N-ethyl adjacent to an activating group) is 2. The number of benzene rings is 3. The van der Waals surface area contributed by atoms with Gasteiger partial charge in [-0.2, -0.15) is 0 Å². The van der Waals surface area contributed by atoms with Crippen molar-refractivity contribution in [2.24, 2.45) is 5.73 Å². The van der Waals surface area contributed by atoms with Crippen molar-refractivity contribution >= 4 is 11.8 Å². The lowest BCUT2D eigenvalue weighted by atomic mass is 10.00. The van der Waals surface area contributed by atoms with Gasteiger partial charge in [0, 0.05) is 56.0 Å². The van der Waals surface area contributed by atoms with Crippen LogP contribution in [0.3, 0.4) is 0 Å². The van der Waals surface area contributed by atoms with Gasteiger partial charge in [-0.1, -0.05) is 31.2 Å². The molecule has 0 saturated carbocycles. The van der Waals surface area contributed by atoms with Gasteiger partial charge in [0.2, 0.25) is 0 Å². The van der Waals surface area contributed by atoms with E-state index in [1.54, 1.807) is 23.1 Å². The molecule has 2 amide bonds. The van der Waals surface area contributed by atoms with E-state index in [0.29, 0.717) is 36.3 Å². The molecule has 3 aromatic rings. The first-order valence-electron chi connectivity index (χ1n) is 14.7. The number of rotatable bonds is 14. The minimum absolute atomic E-state index is 0.0199. The number of hydrogen-bond donors (Lipinski definition) is 2. The molecule has 2 atom stereocenters. The average Bonchev–Trinajstić information content (AvgIpc) is 2.95. The third-order valence-electron chi connectivity index (χ3n) is 7.41. The van der Waals surface area contributed by atoms with Gasteiger partial charge in [0.15, 0.2) is 0 Å². The van der Waals surface area contributed by atoms with E-state index in [1.807, 2.05) is 64.0 Å². The Labute approximate surface area is 253 Å². The monoisotopic (exact) mass is 594 g/mol. The number of amides is 2. The molecule has 232 valence electrons. The van der Waals surface area contributed by atoms with E-state index >= 15 is 0 Å². The van der Waals surface area contributed by atoms with Gasteiger partial charge in [0.05, 0.1) is 6.10 Å². The Kier molecular flexibility index (Phi) is 12.4. The van der Waals surface area contributed by atoms with E-state index in [0.717, 1.165) is 29.2 Å². The van der Waals surface area contributed by atoms with Gasteiger partial charge in [-0.15, -0.1) is 0 Å². The SMILES string of the molecule is CCc1cccc(CN(C[C@@H](O)[C@@H](N)Cc2cc(F)cc(F)c2)C(=O)c2cc(C)cc(C(=O)N(CC)CCN(C)C)c2)c1. The molecule has 0 bridgehead atoms. The number of nitrogens with two attached hydrogens (primary N) is 1. The van der Waals surface area contributed by atoms with Crippen molar-refractivity contribution < 1.29 is 23.5 Å². The average molecular weight is 595 g/mol. The van der Waals surface area contributed by atoms with Crippen LogP contribution in [0, 0.1) is 18.6 Å². The maximum absolute atomic E-state index is 14.0. The fourth-order valence-electron chi connectivity index (χ4n) is 5.00. The largest absolute Gasteiger partial charge is 0.390 e. The van der Waals surface area contributed by atoms with E-state index < -0.39 is 23.8 Å². The first-order chi connectivity index (χ1) is 20.4. The zero-order valence-electron chi connectivity index (χ0n) is 25.8. The van der Waals surface area contributed by atoms with Gasteiger partial charge in [0.1, 0.15) is 11.6 Å². The smallest absolute Gasteiger partial charge is 0.254 e. The highest BCUT2D eigenvalue weighted by atomic mass is 19.1. The third-order valence-corrected chi connectivity index (χ3v) is 7.41. The number of nitrogens with zero attached hydrogens (tertiary/aromatic N) is 3. The molecule has 0 spiro atoms. The molecule has 7 nitrogen and oxygen atoms in total. The van der Waals surface area contributed by atoms with Gasteiger partial charge in [-0.05, 0) is 93.4 Å². The lowest BCUT2D eigenvalue weighted by Gasteiger charge is -2.29. The molecule has 0 heterocycles. The standard InChI is InChI=1S/C34H44F2N4O3/c1-6-24-9-8-10-25(15-24)21-40(22-32(41)31(37)18-26-16-29(35)20-30(36)17-26)34(43)28-14-23(3)13-27(19-28)33(42)39(7-2)12-11-38(4)5/h8-10,13-17,19-20,31-32,41H,6-7,11-12,18,21-22,37H2,1-5H3/t31-,32+/m0/s1. The zero-order valence-corrected chi connectivity index (χ0v) is 25.8. The number of aliphatic hydroxyl groups excluding tert-OH is 1. The lowest BCUT2D eigenvalue weighted by Crippen LogP contribution is -2.46. The normalized spacial score (nSPS) is 12.7. The highest BCUT2D eigenvalue weighted by molar-refractivity contribution is 6.00. The van der Waals surface area contributed by atoms with Crippen molar-refractivity contribution in [3.8, 4) is 0 Å². The quantitative estimate of drug-likeness (QED) is 0.288. The Bertz CT molecular complexity index is 1380. The summed E-state index contributed by atoms with van der Waals surface area (Å²) in [5.41, 5.74) is 10.1. The number of halogens is 2. The van der Waals surface area contributed by atoms with Gasteiger partial charge in [0.25, 0.3) is 11.8 Å². The van der Waals surface area contributed by atoms with Crippen LogP contribution in [0.2, 0.25) is 0 Å². The van der Waals surface area contributed by atoms with Crippen LogP contribution in [0.1, 0.15) is 56.8 Å². The molecule has 0 unspecified atom stereocenters. The van der Waals surface area contributed by atoms with Crippen molar-refractivity contribution in [2.45, 2.75) is 52.3 Å². The Balaban J connectivity index is 1.90. The highest BCUT2D eigenvalue weighted by Crippen LogP contribution is 2.19. The predicted octanol–water partition coefficient (Wildman–Crippen LogP) is 4.43. The third kappa shape index (κ3) is 9.95. The molecule has 3 rings (SSSR count). The number of carbonyl (C=O) groups excluding carboxylic acids is 2. The van der Waals surface area contributed by atoms with Gasteiger partial charge >= 0.3 is 0 Å². The highest BCUT2D eigenvalue weighted by Gasteiger charge is 2.25. The second-order valence-corrected chi connectivity index (χ2v) is 11.3. The summed E-state index contributed by atoms with van der Waals surface area (Å²) in [4.78, 5) is 32.7. The number of carbonyl (C=O) groups is 2. The number of hydrogen-bond acceptors (Lipinski definition) is 5. The van der Waals surface area contributed by atoms with Crippen LogP contribution in [0.15, 0.2) is 60.7 Å². The van der Waals surface area contributed by atoms with E-state index in [2.05, 4.69) is 0 Å². The van der Waals surface area contributed by atoms with Crippen LogP contribution in [-0.2, 0) is 19.4 Å². The Hall–Kier alpha value is -3.66. The van der Waals surface area contributed by atoms with E-state index in [4.69, 9.17) is 5.73 Å². The van der Waals surface area contributed by atoms with E-state index in [1.165, 1.54) is 17.0 Å².